The molecule has 3 aromatic rings. The molecule has 0 unspecified atom stereocenters. The highest BCUT2D eigenvalue weighted by Gasteiger charge is 2.35. The Labute approximate surface area is 127 Å². The lowest BCUT2D eigenvalue weighted by Gasteiger charge is -2.14. The van der Waals surface area contributed by atoms with Crippen molar-refractivity contribution in [2.45, 2.75) is 6.54 Å². The highest BCUT2D eigenvalue weighted by molar-refractivity contribution is 6.21. The fraction of sp³-hybridized carbons (Fsp3) is 0.0556. The predicted molar refractivity (Wildman–Crippen MR) is 82.4 cm³/mol. The van der Waals surface area contributed by atoms with Gasteiger partial charge in [0.1, 0.15) is 0 Å². The molecule has 1 aromatic heterocycles. The van der Waals surface area contributed by atoms with Gasteiger partial charge in [-0.05, 0) is 23.6 Å². The standard InChI is InChI=1S/C18H12N2O2/c21-17-14-7-3-4-8-15(14)18(22)20(17)11-16-13-6-2-1-5-12(13)9-10-19-16/h1-10H,11H2. The van der Waals surface area contributed by atoms with Gasteiger partial charge in [-0.25, -0.2) is 0 Å². The molecule has 106 valence electrons. The quantitative estimate of drug-likeness (QED) is 0.681. The molecule has 0 bridgehead atoms. The maximum atomic E-state index is 12.4. The van der Waals surface area contributed by atoms with Crippen LogP contribution in [0.15, 0.2) is 60.8 Å². The molecular formula is C18H12N2O2. The average Bonchev–Trinajstić information content (AvgIpc) is 2.81. The van der Waals surface area contributed by atoms with Gasteiger partial charge in [0.25, 0.3) is 11.8 Å². The number of pyridine rings is 1. The molecule has 0 radical (unpaired) electrons. The predicted octanol–water partition coefficient (Wildman–Crippen LogP) is 3.03. The Morgan fingerprint density at radius 1 is 0.818 bits per heavy atom. The van der Waals surface area contributed by atoms with Gasteiger partial charge in [0.05, 0.1) is 23.4 Å². The highest BCUT2D eigenvalue weighted by Crippen LogP contribution is 2.25. The number of nitrogens with zero attached hydrogens (tertiary/aromatic N) is 2. The van der Waals surface area contributed by atoms with Crippen molar-refractivity contribution in [3.05, 3.63) is 77.6 Å². The molecule has 0 spiro atoms. The number of rotatable bonds is 2. The SMILES string of the molecule is O=C1c2ccccc2C(=O)N1Cc1nccc2ccccc12. The fourth-order valence-corrected chi connectivity index (χ4v) is 2.84. The van der Waals surface area contributed by atoms with E-state index >= 15 is 0 Å². The third-order valence-electron chi connectivity index (χ3n) is 3.94. The molecule has 2 amide bonds. The molecular weight excluding hydrogens is 276 g/mol. The van der Waals surface area contributed by atoms with E-state index in [-0.39, 0.29) is 18.4 Å². The Morgan fingerprint density at radius 2 is 1.45 bits per heavy atom. The van der Waals surface area contributed by atoms with E-state index < -0.39 is 0 Å². The largest absolute Gasteiger partial charge is 0.269 e. The summed E-state index contributed by atoms with van der Waals surface area (Å²) in [4.78, 5) is 30.5. The molecule has 1 aliphatic heterocycles. The highest BCUT2D eigenvalue weighted by atomic mass is 16.2. The van der Waals surface area contributed by atoms with Gasteiger partial charge in [-0.3, -0.25) is 19.5 Å². The Hall–Kier alpha value is -3.01. The molecule has 0 aliphatic carbocycles. The van der Waals surface area contributed by atoms with Gasteiger partial charge in [0.2, 0.25) is 0 Å². The molecule has 4 nitrogen and oxygen atoms in total. The van der Waals surface area contributed by atoms with Gasteiger partial charge >= 0.3 is 0 Å². The van der Waals surface area contributed by atoms with Crippen LogP contribution in [0.2, 0.25) is 0 Å². The summed E-state index contributed by atoms with van der Waals surface area (Å²) in [7, 11) is 0. The number of amides is 2. The Morgan fingerprint density at radius 3 is 2.18 bits per heavy atom. The van der Waals surface area contributed by atoms with E-state index in [0.717, 1.165) is 16.5 Å². The van der Waals surface area contributed by atoms with Crippen molar-refractivity contribution in [3.63, 3.8) is 0 Å². The first-order valence-corrected chi connectivity index (χ1v) is 7.03. The summed E-state index contributed by atoms with van der Waals surface area (Å²) >= 11 is 0. The minimum absolute atomic E-state index is 0.188. The van der Waals surface area contributed by atoms with E-state index in [0.29, 0.717) is 11.1 Å². The zero-order chi connectivity index (χ0) is 15.1. The monoisotopic (exact) mass is 288 g/mol. The summed E-state index contributed by atoms with van der Waals surface area (Å²) in [5.41, 5.74) is 1.66. The van der Waals surface area contributed by atoms with Crippen LogP contribution >= 0.6 is 0 Å². The van der Waals surface area contributed by atoms with Gasteiger partial charge in [-0.1, -0.05) is 36.4 Å². The molecule has 4 rings (SSSR count). The van der Waals surface area contributed by atoms with Crippen LogP contribution in [0.5, 0.6) is 0 Å². The minimum Gasteiger partial charge on any atom is -0.269 e. The van der Waals surface area contributed by atoms with E-state index in [1.807, 2.05) is 30.3 Å². The van der Waals surface area contributed by atoms with Crippen LogP contribution in [0.4, 0.5) is 0 Å². The first-order chi connectivity index (χ1) is 10.8. The molecule has 0 atom stereocenters. The van der Waals surface area contributed by atoms with Gasteiger partial charge < -0.3 is 0 Å². The first-order valence-electron chi connectivity index (χ1n) is 7.03. The van der Waals surface area contributed by atoms with Crippen LogP contribution < -0.4 is 0 Å². The summed E-state index contributed by atoms with van der Waals surface area (Å²) in [5, 5.41) is 2.01. The molecule has 0 saturated heterocycles. The number of imide groups is 1. The third kappa shape index (κ3) is 1.81. The lowest BCUT2D eigenvalue weighted by Crippen LogP contribution is -2.29. The molecule has 4 heteroatoms. The lowest BCUT2D eigenvalue weighted by atomic mass is 10.1. The van der Waals surface area contributed by atoms with Gasteiger partial charge in [0.15, 0.2) is 0 Å². The van der Waals surface area contributed by atoms with Gasteiger partial charge in [-0.2, -0.15) is 0 Å². The van der Waals surface area contributed by atoms with Crippen molar-refractivity contribution in [2.24, 2.45) is 0 Å². The van der Waals surface area contributed by atoms with Crippen LogP contribution in [-0.2, 0) is 6.54 Å². The second-order valence-corrected chi connectivity index (χ2v) is 5.22. The van der Waals surface area contributed by atoms with E-state index in [2.05, 4.69) is 4.98 Å². The molecule has 1 aliphatic rings. The molecule has 2 heterocycles. The van der Waals surface area contributed by atoms with Crippen LogP contribution in [0.1, 0.15) is 26.4 Å². The summed E-state index contributed by atoms with van der Waals surface area (Å²) in [5.74, 6) is -0.509. The lowest BCUT2D eigenvalue weighted by molar-refractivity contribution is 0.0641. The molecule has 0 fully saturated rings. The molecule has 2 aromatic carbocycles. The van der Waals surface area contributed by atoms with Crippen molar-refractivity contribution >= 4 is 22.6 Å². The fourth-order valence-electron chi connectivity index (χ4n) is 2.84. The molecule has 0 saturated carbocycles. The number of carbonyl (C=O) groups is 2. The smallest absolute Gasteiger partial charge is 0.261 e. The van der Waals surface area contributed by atoms with Crippen molar-refractivity contribution in [2.75, 3.05) is 0 Å². The molecule has 22 heavy (non-hydrogen) atoms. The second kappa shape index (κ2) is 4.77. The maximum Gasteiger partial charge on any atom is 0.261 e. The number of hydrogen-bond donors (Lipinski definition) is 0. The Bertz CT molecular complexity index is 877. The topological polar surface area (TPSA) is 50.3 Å². The zero-order valence-electron chi connectivity index (χ0n) is 11.7. The normalized spacial score (nSPS) is 13.7. The van der Waals surface area contributed by atoms with Gasteiger partial charge in [0, 0.05) is 11.6 Å². The number of fused-ring (bicyclic) bond motifs is 2. The van der Waals surface area contributed by atoms with E-state index in [1.165, 1.54) is 4.90 Å². The minimum atomic E-state index is -0.254. The van der Waals surface area contributed by atoms with Crippen LogP contribution in [-0.4, -0.2) is 21.7 Å². The number of benzene rings is 2. The summed E-state index contributed by atoms with van der Waals surface area (Å²) in [6.07, 6.45) is 1.70. The van der Waals surface area contributed by atoms with Crippen molar-refractivity contribution in [3.8, 4) is 0 Å². The van der Waals surface area contributed by atoms with Crippen LogP contribution in [0.25, 0.3) is 10.8 Å². The zero-order valence-corrected chi connectivity index (χ0v) is 11.7. The van der Waals surface area contributed by atoms with E-state index in [1.54, 1.807) is 30.5 Å². The summed E-state index contributed by atoms with van der Waals surface area (Å²) in [6, 6.07) is 16.6. The van der Waals surface area contributed by atoms with Crippen molar-refractivity contribution in [1.82, 2.24) is 9.88 Å². The number of hydrogen-bond acceptors (Lipinski definition) is 3. The second-order valence-electron chi connectivity index (χ2n) is 5.22. The van der Waals surface area contributed by atoms with E-state index in [9.17, 15) is 9.59 Å². The number of carbonyl (C=O) groups excluding carboxylic acids is 2. The maximum absolute atomic E-state index is 12.4. The summed E-state index contributed by atoms with van der Waals surface area (Å²) in [6.45, 7) is 0.188. The van der Waals surface area contributed by atoms with Crippen LogP contribution in [0.3, 0.4) is 0 Å². The molecule has 0 N–H and O–H groups in total. The first kappa shape index (κ1) is 12.7. The Kier molecular flexibility index (Phi) is 2.76. The van der Waals surface area contributed by atoms with E-state index in [4.69, 9.17) is 0 Å². The summed E-state index contributed by atoms with van der Waals surface area (Å²) < 4.78 is 0. The number of aromatic nitrogens is 1. The third-order valence-corrected chi connectivity index (χ3v) is 3.94. The Balaban J connectivity index is 1.76. The van der Waals surface area contributed by atoms with Crippen molar-refractivity contribution < 1.29 is 9.59 Å². The average molecular weight is 288 g/mol. The van der Waals surface area contributed by atoms with Gasteiger partial charge in [-0.15, -0.1) is 0 Å². The van der Waals surface area contributed by atoms with Crippen molar-refractivity contribution in [1.29, 1.82) is 0 Å². The van der Waals surface area contributed by atoms with Crippen LogP contribution in [0, 0.1) is 0 Å².